The Morgan fingerprint density at radius 2 is 1.68 bits per heavy atom. The van der Waals surface area contributed by atoms with Gasteiger partial charge in [0.2, 0.25) is 5.91 Å². The van der Waals surface area contributed by atoms with Crippen LogP contribution in [0, 0.1) is 6.92 Å². The minimum Gasteiger partial charge on any atom is -0.494 e. The van der Waals surface area contributed by atoms with E-state index in [1.54, 1.807) is 0 Å². The summed E-state index contributed by atoms with van der Waals surface area (Å²) in [7, 11) is 2.14. The molecule has 1 fully saturated rings. The van der Waals surface area contributed by atoms with Gasteiger partial charge in [-0.05, 0) is 69.6 Å². The lowest BCUT2D eigenvalue weighted by Gasteiger charge is -2.29. The number of carbonyl (C=O) groups is 1. The van der Waals surface area contributed by atoms with E-state index in [1.165, 1.54) is 5.56 Å². The zero-order valence-electron chi connectivity index (χ0n) is 16.8. The van der Waals surface area contributed by atoms with Gasteiger partial charge in [-0.1, -0.05) is 17.7 Å². The summed E-state index contributed by atoms with van der Waals surface area (Å²) in [5.41, 5.74) is 2.00. The van der Waals surface area contributed by atoms with Crippen molar-refractivity contribution < 1.29 is 14.3 Å². The highest BCUT2D eigenvalue weighted by Crippen LogP contribution is 2.21. The van der Waals surface area contributed by atoms with Gasteiger partial charge in [-0.15, -0.1) is 0 Å². The molecular formula is C23H30N2O3. The molecule has 0 bridgehead atoms. The Bertz CT molecular complexity index is 735. The van der Waals surface area contributed by atoms with Gasteiger partial charge in [0.1, 0.15) is 17.6 Å². The van der Waals surface area contributed by atoms with Crippen LogP contribution in [0.25, 0.3) is 0 Å². The average Bonchev–Trinajstić information content (AvgIpc) is 2.70. The normalized spacial score (nSPS) is 15.2. The van der Waals surface area contributed by atoms with Crippen LogP contribution in [0.4, 0.5) is 5.69 Å². The summed E-state index contributed by atoms with van der Waals surface area (Å²) in [5, 5.41) is 2.93. The third-order valence-corrected chi connectivity index (χ3v) is 4.94. The van der Waals surface area contributed by atoms with Crippen molar-refractivity contribution in [3.63, 3.8) is 0 Å². The van der Waals surface area contributed by atoms with Crippen molar-refractivity contribution in [3.05, 3.63) is 54.1 Å². The molecule has 0 unspecified atom stereocenters. The number of nitrogens with zero attached hydrogens (tertiary/aromatic N) is 1. The van der Waals surface area contributed by atoms with Gasteiger partial charge in [0.05, 0.1) is 6.61 Å². The number of rotatable bonds is 8. The van der Waals surface area contributed by atoms with E-state index in [4.69, 9.17) is 9.47 Å². The second-order valence-corrected chi connectivity index (χ2v) is 7.46. The Kier molecular flexibility index (Phi) is 7.31. The minimum absolute atomic E-state index is 0.00325. The quantitative estimate of drug-likeness (QED) is 0.693. The summed E-state index contributed by atoms with van der Waals surface area (Å²) in [6.45, 7) is 4.72. The number of anilines is 1. The third-order valence-electron chi connectivity index (χ3n) is 4.94. The second-order valence-electron chi connectivity index (χ2n) is 7.46. The maximum Gasteiger partial charge on any atom is 0.224 e. The van der Waals surface area contributed by atoms with Gasteiger partial charge in [-0.3, -0.25) is 4.79 Å². The first kappa shape index (κ1) is 20.2. The van der Waals surface area contributed by atoms with E-state index in [2.05, 4.69) is 17.3 Å². The number of benzene rings is 2. The number of amides is 1. The van der Waals surface area contributed by atoms with Crippen LogP contribution in [0.5, 0.6) is 11.5 Å². The van der Waals surface area contributed by atoms with Crippen LogP contribution in [-0.2, 0) is 4.79 Å². The number of aryl methyl sites for hydroxylation is 1. The number of hydrogen-bond acceptors (Lipinski definition) is 4. The number of piperidine rings is 1. The van der Waals surface area contributed by atoms with Gasteiger partial charge in [-0.25, -0.2) is 0 Å². The van der Waals surface area contributed by atoms with E-state index in [0.717, 1.165) is 43.1 Å². The van der Waals surface area contributed by atoms with Crippen molar-refractivity contribution in [2.24, 2.45) is 0 Å². The van der Waals surface area contributed by atoms with Crippen LogP contribution in [-0.4, -0.2) is 43.7 Å². The molecule has 1 aliphatic rings. The molecule has 1 amide bonds. The summed E-state index contributed by atoms with van der Waals surface area (Å²) in [6.07, 6.45) is 3.50. The predicted molar refractivity (Wildman–Crippen MR) is 112 cm³/mol. The van der Waals surface area contributed by atoms with Crippen LogP contribution in [0.15, 0.2) is 48.5 Å². The molecule has 0 aromatic heterocycles. The maximum atomic E-state index is 12.1. The summed E-state index contributed by atoms with van der Waals surface area (Å²) in [6, 6.07) is 15.6. The molecule has 0 aliphatic carbocycles. The molecule has 5 heteroatoms. The van der Waals surface area contributed by atoms with Crippen molar-refractivity contribution in [2.75, 3.05) is 32.1 Å². The topological polar surface area (TPSA) is 50.8 Å². The molecule has 0 saturated carbocycles. The molecule has 1 heterocycles. The molecule has 1 N–H and O–H groups in total. The molecule has 5 nitrogen and oxygen atoms in total. The highest BCUT2D eigenvalue weighted by atomic mass is 16.5. The largest absolute Gasteiger partial charge is 0.494 e. The SMILES string of the molecule is Cc1ccc(OCCCC(=O)Nc2ccc(OC3CCN(C)CC3)cc2)cc1. The fraction of sp³-hybridized carbons (Fsp3) is 0.435. The third kappa shape index (κ3) is 6.57. The number of nitrogens with one attached hydrogen (secondary N) is 1. The molecule has 3 rings (SSSR count). The van der Waals surface area contributed by atoms with Gasteiger partial charge >= 0.3 is 0 Å². The molecule has 1 aliphatic heterocycles. The smallest absolute Gasteiger partial charge is 0.224 e. The van der Waals surface area contributed by atoms with Crippen LogP contribution >= 0.6 is 0 Å². The lowest BCUT2D eigenvalue weighted by molar-refractivity contribution is -0.116. The van der Waals surface area contributed by atoms with Crippen LogP contribution in [0.2, 0.25) is 0 Å². The Balaban J connectivity index is 1.35. The molecule has 0 atom stereocenters. The van der Waals surface area contributed by atoms with Crippen LogP contribution < -0.4 is 14.8 Å². The van der Waals surface area contributed by atoms with E-state index in [0.29, 0.717) is 19.4 Å². The van der Waals surface area contributed by atoms with Gasteiger partial charge in [-0.2, -0.15) is 0 Å². The molecule has 1 saturated heterocycles. The number of ether oxygens (including phenoxy) is 2. The Morgan fingerprint density at radius 3 is 2.36 bits per heavy atom. The molecular weight excluding hydrogens is 352 g/mol. The second kappa shape index (κ2) is 10.1. The molecule has 0 radical (unpaired) electrons. The average molecular weight is 383 g/mol. The number of likely N-dealkylation sites (tertiary alicyclic amines) is 1. The van der Waals surface area contributed by atoms with E-state index in [1.807, 2.05) is 55.5 Å². The van der Waals surface area contributed by atoms with Gasteiger partial charge in [0.15, 0.2) is 0 Å². The standard InChI is InChI=1S/C23H30N2O3/c1-18-5-9-20(10-6-18)27-17-3-4-23(26)24-19-7-11-21(12-8-19)28-22-13-15-25(2)16-14-22/h5-12,22H,3-4,13-17H2,1-2H3,(H,24,26). The monoisotopic (exact) mass is 382 g/mol. The fourth-order valence-corrected chi connectivity index (χ4v) is 3.19. The first-order chi connectivity index (χ1) is 13.6. The minimum atomic E-state index is -0.00325. The van der Waals surface area contributed by atoms with Crippen molar-refractivity contribution in [1.82, 2.24) is 4.90 Å². The van der Waals surface area contributed by atoms with Crippen LogP contribution in [0.1, 0.15) is 31.2 Å². The van der Waals surface area contributed by atoms with Crippen molar-refractivity contribution in [1.29, 1.82) is 0 Å². The van der Waals surface area contributed by atoms with E-state index in [9.17, 15) is 4.79 Å². The Morgan fingerprint density at radius 1 is 1.04 bits per heavy atom. The zero-order valence-corrected chi connectivity index (χ0v) is 16.8. The highest BCUT2D eigenvalue weighted by molar-refractivity contribution is 5.90. The lowest BCUT2D eigenvalue weighted by Crippen LogP contribution is -2.35. The predicted octanol–water partition coefficient (Wildman–Crippen LogP) is 4.27. The van der Waals surface area contributed by atoms with E-state index < -0.39 is 0 Å². The molecule has 28 heavy (non-hydrogen) atoms. The highest BCUT2D eigenvalue weighted by Gasteiger charge is 2.17. The Labute approximate surface area is 167 Å². The number of carbonyl (C=O) groups excluding carboxylic acids is 1. The van der Waals surface area contributed by atoms with Gasteiger partial charge in [0.25, 0.3) is 0 Å². The van der Waals surface area contributed by atoms with Gasteiger partial charge in [0, 0.05) is 25.2 Å². The van der Waals surface area contributed by atoms with Crippen LogP contribution in [0.3, 0.4) is 0 Å². The van der Waals surface area contributed by atoms with E-state index in [-0.39, 0.29) is 12.0 Å². The molecule has 2 aromatic carbocycles. The lowest BCUT2D eigenvalue weighted by atomic mass is 10.1. The molecule has 0 spiro atoms. The zero-order chi connectivity index (χ0) is 19.8. The molecule has 150 valence electrons. The summed E-state index contributed by atoms with van der Waals surface area (Å²) in [4.78, 5) is 14.4. The maximum absolute atomic E-state index is 12.1. The number of hydrogen-bond donors (Lipinski definition) is 1. The van der Waals surface area contributed by atoms with Gasteiger partial charge < -0.3 is 19.7 Å². The molecule has 2 aromatic rings. The Hall–Kier alpha value is -2.53. The summed E-state index contributed by atoms with van der Waals surface area (Å²) < 4.78 is 11.7. The van der Waals surface area contributed by atoms with Crippen molar-refractivity contribution in [2.45, 2.75) is 38.7 Å². The first-order valence-electron chi connectivity index (χ1n) is 10.0. The van der Waals surface area contributed by atoms with Crippen molar-refractivity contribution >= 4 is 11.6 Å². The van der Waals surface area contributed by atoms with E-state index >= 15 is 0 Å². The first-order valence-corrected chi connectivity index (χ1v) is 10.0. The van der Waals surface area contributed by atoms with Crippen molar-refractivity contribution in [3.8, 4) is 11.5 Å². The fourth-order valence-electron chi connectivity index (χ4n) is 3.19. The summed E-state index contributed by atoms with van der Waals surface area (Å²) >= 11 is 0. The summed E-state index contributed by atoms with van der Waals surface area (Å²) in [5.74, 6) is 1.70.